The largest absolute Gasteiger partial charge is 0.468 e. The maximum Gasteiger partial charge on any atom is 0.319 e. The van der Waals surface area contributed by atoms with Gasteiger partial charge in [-0.1, -0.05) is 11.6 Å². The van der Waals surface area contributed by atoms with Gasteiger partial charge in [-0.25, -0.2) is 16.8 Å². The van der Waals surface area contributed by atoms with E-state index in [9.17, 15) is 21.6 Å². The van der Waals surface area contributed by atoms with Crippen molar-refractivity contribution in [2.45, 2.75) is 15.5 Å². The Morgan fingerprint density at radius 1 is 1.45 bits per heavy atom. The predicted molar refractivity (Wildman–Crippen MR) is 82.8 cm³/mol. The molecule has 1 aliphatic heterocycles. The number of carbonyl (C=O) groups excluding carboxylic acids is 1. The van der Waals surface area contributed by atoms with Gasteiger partial charge in [0.05, 0.1) is 34.7 Å². The minimum Gasteiger partial charge on any atom is -0.468 e. The van der Waals surface area contributed by atoms with Gasteiger partial charge in [-0.2, -0.15) is 0 Å². The minimum atomic E-state index is -3.85. The summed E-state index contributed by atoms with van der Waals surface area (Å²) in [6.07, 6.45) is 0. The van der Waals surface area contributed by atoms with Crippen LogP contribution < -0.4 is 5.32 Å². The molecule has 1 saturated heterocycles. The fourth-order valence-corrected chi connectivity index (χ4v) is 8.62. The van der Waals surface area contributed by atoms with E-state index in [1.807, 2.05) is 0 Å². The van der Waals surface area contributed by atoms with Crippen molar-refractivity contribution in [3.63, 3.8) is 0 Å². The Hall–Kier alpha value is -0.680. The van der Waals surface area contributed by atoms with E-state index >= 15 is 0 Å². The van der Waals surface area contributed by atoms with Crippen molar-refractivity contribution in [1.29, 1.82) is 0 Å². The number of nitrogens with one attached hydrogen (secondary N) is 1. The third-order valence-electron chi connectivity index (χ3n) is 3.26. The molecular formula is C11H14ClNO6S3. The van der Waals surface area contributed by atoms with Crippen LogP contribution in [0.2, 0.25) is 4.34 Å². The molecule has 1 aromatic rings. The van der Waals surface area contributed by atoms with Gasteiger partial charge in [0.25, 0.3) is 0 Å². The highest BCUT2D eigenvalue weighted by Gasteiger charge is 2.46. The number of methoxy groups -OCH3 is 1. The smallest absolute Gasteiger partial charge is 0.319 e. The van der Waals surface area contributed by atoms with Crippen molar-refractivity contribution in [2.75, 3.05) is 25.2 Å². The zero-order valence-corrected chi connectivity index (χ0v) is 14.7. The number of thiophene rings is 1. The molecule has 22 heavy (non-hydrogen) atoms. The van der Waals surface area contributed by atoms with E-state index in [-0.39, 0.29) is 16.5 Å². The Balaban J connectivity index is 2.27. The topological polar surface area (TPSA) is 107 Å². The first-order chi connectivity index (χ1) is 10.2. The van der Waals surface area contributed by atoms with E-state index in [2.05, 4.69) is 10.1 Å². The highest BCUT2D eigenvalue weighted by atomic mass is 35.5. The molecule has 2 atom stereocenters. The molecule has 0 unspecified atom stereocenters. The zero-order chi connectivity index (χ0) is 16.5. The first kappa shape index (κ1) is 17.7. The number of carbonyl (C=O) groups is 1. The highest BCUT2D eigenvalue weighted by molar-refractivity contribution is 7.97. The number of halogens is 1. The molecule has 2 heterocycles. The van der Waals surface area contributed by atoms with Crippen LogP contribution in [0, 0.1) is 0 Å². The lowest BCUT2D eigenvalue weighted by molar-refractivity contribution is -0.139. The van der Waals surface area contributed by atoms with Crippen molar-refractivity contribution in [3.8, 4) is 0 Å². The molecule has 0 aliphatic carbocycles. The first-order valence-corrected chi connectivity index (χ1v) is 10.7. The second-order valence-corrected chi connectivity index (χ2v) is 11.0. The van der Waals surface area contributed by atoms with Crippen LogP contribution in [-0.2, 0) is 29.2 Å². The second-order valence-electron chi connectivity index (χ2n) is 4.78. The lowest BCUT2D eigenvalue weighted by atomic mass is 10.2. The summed E-state index contributed by atoms with van der Waals surface area (Å²) < 4.78 is 53.6. The van der Waals surface area contributed by atoms with Crippen LogP contribution in [0.25, 0.3) is 0 Å². The molecule has 0 spiro atoms. The fraction of sp³-hybridized carbons (Fsp3) is 0.545. The molecule has 1 aromatic heterocycles. The highest BCUT2D eigenvalue weighted by Crippen LogP contribution is 2.32. The SMILES string of the molecule is COC(=O)CN[C@H]1CS(=O)(=O)C[C@@H]1S(=O)(=O)c1ccc(Cl)s1. The molecule has 1 fully saturated rings. The quantitative estimate of drug-likeness (QED) is 0.714. The Bertz CT molecular complexity index is 770. The zero-order valence-electron chi connectivity index (χ0n) is 11.5. The Kier molecular flexibility index (Phi) is 5.17. The molecule has 0 saturated carbocycles. The molecule has 1 N–H and O–H groups in total. The molecule has 7 nitrogen and oxygen atoms in total. The summed E-state index contributed by atoms with van der Waals surface area (Å²) in [5.41, 5.74) is 0. The van der Waals surface area contributed by atoms with Crippen LogP contribution in [0.5, 0.6) is 0 Å². The Labute approximate surface area is 137 Å². The van der Waals surface area contributed by atoms with Crippen LogP contribution in [0.3, 0.4) is 0 Å². The Morgan fingerprint density at radius 3 is 2.68 bits per heavy atom. The fourth-order valence-electron chi connectivity index (χ4n) is 2.20. The molecule has 124 valence electrons. The summed E-state index contributed by atoms with van der Waals surface area (Å²) in [7, 11) is -6.17. The van der Waals surface area contributed by atoms with Gasteiger partial charge in [0.1, 0.15) is 4.21 Å². The predicted octanol–water partition coefficient (Wildman–Crippen LogP) is 0.103. The van der Waals surface area contributed by atoms with Crippen molar-refractivity contribution >= 4 is 48.6 Å². The van der Waals surface area contributed by atoms with E-state index in [4.69, 9.17) is 11.6 Å². The van der Waals surface area contributed by atoms with Gasteiger partial charge in [-0.15, -0.1) is 11.3 Å². The molecule has 0 aromatic carbocycles. The maximum atomic E-state index is 12.6. The summed E-state index contributed by atoms with van der Waals surface area (Å²) in [5.74, 6) is -1.42. The number of hydrogen-bond donors (Lipinski definition) is 1. The van der Waals surface area contributed by atoms with Gasteiger partial charge in [0.2, 0.25) is 0 Å². The second kappa shape index (κ2) is 6.44. The first-order valence-electron chi connectivity index (χ1n) is 6.15. The average Bonchev–Trinajstić information content (AvgIpc) is 3.00. The van der Waals surface area contributed by atoms with Crippen LogP contribution >= 0.6 is 22.9 Å². The average molecular weight is 388 g/mol. The van der Waals surface area contributed by atoms with Crippen molar-refractivity contribution in [1.82, 2.24) is 5.32 Å². The standard InChI is InChI=1S/C11H14ClNO6S3/c1-19-10(14)4-13-7-5-21(15,16)6-8(7)22(17,18)11-3-2-9(12)20-11/h2-3,7-8,13H,4-6H2,1H3/t7-,8-/m0/s1. The van der Waals surface area contributed by atoms with E-state index < -0.39 is 42.7 Å². The number of hydrogen-bond acceptors (Lipinski definition) is 8. The molecule has 11 heteroatoms. The lowest BCUT2D eigenvalue weighted by Gasteiger charge is -2.18. The van der Waals surface area contributed by atoms with Gasteiger partial charge in [-0.05, 0) is 12.1 Å². The van der Waals surface area contributed by atoms with Crippen molar-refractivity contribution in [3.05, 3.63) is 16.5 Å². The summed E-state index contributed by atoms with van der Waals surface area (Å²) in [5, 5.41) is 1.50. The van der Waals surface area contributed by atoms with Crippen molar-refractivity contribution < 1.29 is 26.4 Å². The number of rotatable bonds is 5. The van der Waals surface area contributed by atoms with Crippen LogP contribution in [0.4, 0.5) is 0 Å². The molecule has 0 radical (unpaired) electrons. The van der Waals surface area contributed by atoms with E-state index in [0.717, 1.165) is 11.3 Å². The normalized spacial score (nSPS) is 24.3. The van der Waals surface area contributed by atoms with Crippen molar-refractivity contribution in [2.24, 2.45) is 0 Å². The third-order valence-corrected chi connectivity index (χ3v) is 9.17. The van der Waals surface area contributed by atoms with Gasteiger partial charge < -0.3 is 10.1 Å². The van der Waals surface area contributed by atoms with Crippen LogP contribution in [-0.4, -0.2) is 59.3 Å². The molecule has 1 aliphatic rings. The number of ether oxygens (including phenoxy) is 1. The van der Waals surface area contributed by atoms with Crippen LogP contribution in [0.15, 0.2) is 16.3 Å². The van der Waals surface area contributed by atoms with Gasteiger partial charge in [0, 0.05) is 6.04 Å². The molecule has 0 bridgehead atoms. The molecule has 0 amide bonds. The summed E-state index contributed by atoms with van der Waals surface area (Å²) in [6.45, 7) is -0.256. The molecule has 2 rings (SSSR count). The lowest BCUT2D eigenvalue weighted by Crippen LogP contribution is -2.45. The van der Waals surface area contributed by atoms with Gasteiger partial charge in [0.15, 0.2) is 19.7 Å². The number of esters is 1. The van der Waals surface area contributed by atoms with Crippen LogP contribution in [0.1, 0.15) is 0 Å². The van der Waals surface area contributed by atoms with Gasteiger partial charge >= 0.3 is 5.97 Å². The van der Waals surface area contributed by atoms with E-state index in [0.29, 0.717) is 4.34 Å². The van der Waals surface area contributed by atoms with Gasteiger partial charge in [-0.3, -0.25) is 4.79 Å². The summed E-state index contributed by atoms with van der Waals surface area (Å²) >= 11 is 6.62. The summed E-state index contributed by atoms with van der Waals surface area (Å²) in [6, 6.07) is 1.93. The summed E-state index contributed by atoms with van der Waals surface area (Å²) in [4.78, 5) is 11.2. The Morgan fingerprint density at radius 2 is 2.14 bits per heavy atom. The maximum absolute atomic E-state index is 12.6. The monoisotopic (exact) mass is 387 g/mol. The van der Waals surface area contributed by atoms with E-state index in [1.54, 1.807) is 0 Å². The van der Waals surface area contributed by atoms with E-state index in [1.165, 1.54) is 19.2 Å². The third kappa shape index (κ3) is 3.80. The number of sulfone groups is 2. The molecular weight excluding hydrogens is 374 g/mol. The minimum absolute atomic E-state index is 0.0180.